The van der Waals surface area contributed by atoms with Gasteiger partial charge in [-0.25, -0.2) is 4.90 Å². The average Bonchev–Trinajstić information content (AvgIpc) is 3.05. The molecule has 2 amide bonds. The molecule has 1 N–H and O–H groups in total. The number of rotatable bonds is 7. The lowest BCUT2D eigenvalue weighted by atomic mass is 10.0. The first-order valence-corrected chi connectivity index (χ1v) is 10.7. The first-order valence-electron chi connectivity index (χ1n) is 10.7. The van der Waals surface area contributed by atoms with Crippen LogP contribution in [0.2, 0.25) is 0 Å². The molecule has 1 aliphatic heterocycles. The van der Waals surface area contributed by atoms with E-state index >= 15 is 0 Å². The van der Waals surface area contributed by atoms with E-state index in [2.05, 4.69) is 5.32 Å². The lowest BCUT2D eigenvalue weighted by molar-refractivity contribution is -0.384. The summed E-state index contributed by atoms with van der Waals surface area (Å²) >= 11 is 0. The minimum atomic E-state index is -0.514. The van der Waals surface area contributed by atoms with E-state index in [1.165, 1.54) is 24.3 Å². The van der Waals surface area contributed by atoms with E-state index in [0.29, 0.717) is 29.3 Å². The monoisotopic (exact) mass is 457 g/mol. The number of nitro groups is 1. The Hall–Kier alpha value is -4.46. The van der Waals surface area contributed by atoms with Gasteiger partial charge in [-0.1, -0.05) is 12.1 Å². The number of amides is 2. The molecule has 0 aliphatic carbocycles. The van der Waals surface area contributed by atoms with Crippen molar-refractivity contribution in [3.05, 3.63) is 99.2 Å². The summed E-state index contributed by atoms with van der Waals surface area (Å²) in [5, 5.41) is 14.2. The molecule has 0 bridgehead atoms. The number of imide groups is 1. The zero-order chi connectivity index (χ0) is 24.4. The van der Waals surface area contributed by atoms with E-state index in [-0.39, 0.29) is 17.0 Å². The van der Waals surface area contributed by atoms with Crippen LogP contribution in [0.4, 0.5) is 17.1 Å². The van der Waals surface area contributed by atoms with Crippen molar-refractivity contribution in [1.29, 1.82) is 0 Å². The molecule has 0 radical (unpaired) electrons. The van der Waals surface area contributed by atoms with Gasteiger partial charge in [-0.3, -0.25) is 19.7 Å². The molecule has 4 rings (SSSR count). The highest BCUT2D eigenvalue weighted by molar-refractivity contribution is 6.46. The molecule has 3 aromatic carbocycles. The third kappa shape index (κ3) is 4.25. The average molecular weight is 457 g/mol. The van der Waals surface area contributed by atoms with Crippen LogP contribution in [0.1, 0.15) is 23.6 Å². The second-order valence-corrected chi connectivity index (χ2v) is 7.85. The van der Waals surface area contributed by atoms with Gasteiger partial charge in [0, 0.05) is 23.9 Å². The van der Waals surface area contributed by atoms with Gasteiger partial charge in [0.25, 0.3) is 17.5 Å². The lowest BCUT2D eigenvalue weighted by Crippen LogP contribution is -2.32. The molecule has 34 heavy (non-hydrogen) atoms. The molecule has 1 heterocycles. The maximum Gasteiger partial charge on any atom is 0.282 e. The van der Waals surface area contributed by atoms with Crippen LogP contribution < -0.4 is 15.0 Å². The quantitative estimate of drug-likeness (QED) is 0.304. The van der Waals surface area contributed by atoms with Crippen molar-refractivity contribution in [3.8, 4) is 5.75 Å². The van der Waals surface area contributed by atoms with E-state index in [1.807, 2.05) is 26.8 Å². The van der Waals surface area contributed by atoms with Crippen LogP contribution in [0.15, 0.2) is 72.4 Å². The summed E-state index contributed by atoms with van der Waals surface area (Å²) < 4.78 is 5.54. The molecule has 172 valence electrons. The first kappa shape index (κ1) is 22.7. The molecule has 0 spiro atoms. The number of carbonyl (C=O) groups excluding carboxylic acids is 2. The maximum atomic E-state index is 13.6. The summed E-state index contributed by atoms with van der Waals surface area (Å²) in [4.78, 5) is 38.8. The number of nitrogens with one attached hydrogen (secondary N) is 1. The SMILES string of the molecule is CCOc1cccc(NC2=C(c3ccc([N+](=O)[O-])cc3)C(=O)N(c3ccc(C)c(C)c3)C2=O)c1. The van der Waals surface area contributed by atoms with Gasteiger partial charge in [-0.15, -0.1) is 0 Å². The van der Waals surface area contributed by atoms with Crippen LogP contribution in [-0.4, -0.2) is 23.3 Å². The molecule has 8 nitrogen and oxygen atoms in total. The van der Waals surface area contributed by atoms with Gasteiger partial charge in [-0.2, -0.15) is 0 Å². The van der Waals surface area contributed by atoms with E-state index < -0.39 is 16.7 Å². The summed E-state index contributed by atoms with van der Waals surface area (Å²) in [5.74, 6) is -0.401. The van der Waals surface area contributed by atoms with Crippen LogP contribution in [0.5, 0.6) is 5.75 Å². The minimum absolute atomic E-state index is 0.0886. The molecule has 0 aromatic heterocycles. The predicted molar refractivity (Wildman–Crippen MR) is 130 cm³/mol. The first-order chi connectivity index (χ1) is 16.3. The molecule has 0 atom stereocenters. The van der Waals surface area contributed by atoms with E-state index in [9.17, 15) is 19.7 Å². The summed E-state index contributed by atoms with van der Waals surface area (Å²) in [6, 6.07) is 18.0. The van der Waals surface area contributed by atoms with Crippen molar-refractivity contribution in [2.45, 2.75) is 20.8 Å². The van der Waals surface area contributed by atoms with Crippen molar-refractivity contribution in [3.63, 3.8) is 0 Å². The molecule has 1 aliphatic rings. The predicted octanol–water partition coefficient (Wildman–Crippen LogP) is 5.01. The van der Waals surface area contributed by atoms with Gasteiger partial charge in [0.1, 0.15) is 11.4 Å². The van der Waals surface area contributed by atoms with Crippen molar-refractivity contribution in [2.75, 3.05) is 16.8 Å². The molecule has 0 saturated carbocycles. The van der Waals surface area contributed by atoms with Crippen LogP contribution in [-0.2, 0) is 9.59 Å². The van der Waals surface area contributed by atoms with Gasteiger partial charge in [-0.05, 0) is 73.9 Å². The summed E-state index contributed by atoms with van der Waals surface area (Å²) in [7, 11) is 0. The standard InChI is InChI=1S/C26H23N3O5/c1-4-34-22-7-5-6-19(15-22)27-24-23(18-9-12-20(13-10-18)29(32)33)25(30)28(26(24)31)21-11-8-16(2)17(3)14-21/h5-15,27H,4H2,1-3H3. The highest BCUT2D eigenvalue weighted by atomic mass is 16.6. The maximum absolute atomic E-state index is 13.6. The van der Waals surface area contributed by atoms with Crippen molar-refractivity contribution in [1.82, 2.24) is 0 Å². The Balaban J connectivity index is 1.81. The second-order valence-electron chi connectivity index (χ2n) is 7.85. The fourth-order valence-electron chi connectivity index (χ4n) is 3.74. The van der Waals surface area contributed by atoms with Crippen molar-refractivity contribution >= 4 is 34.4 Å². The van der Waals surface area contributed by atoms with Crippen molar-refractivity contribution in [2.24, 2.45) is 0 Å². The highest BCUT2D eigenvalue weighted by Crippen LogP contribution is 2.35. The summed E-state index contributed by atoms with van der Waals surface area (Å²) in [6.45, 7) is 6.21. The molecule has 0 unspecified atom stereocenters. The number of ether oxygens (including phenoxy) is 1. The van der Waals surface area contributed by atoms with Gasteiger partial charge < -0.3 is 10.1 Å². The van der Waals surface area contributed by atoms with E-state index in [0.717, 1.165) is 16.0 Å². The molecule has 3 aromatic rings. The van der Waals surface area contributed by atoms with Gasteiger partial charge >= 0.3 is 0 Å². The fourth-order valence-corrected chi connectivity index (χ4v) is 3.74. The van der Waals surface area contributed by atoms with Gasteiger partial charge in [0.15, 0.2) is 0 Å². The van der Waals surface area contributed by atoms with Crippen LogP contribution in [0.3, 0.4) is 0 Å². The Morgan fingerprint density at radius 2 is 1.68 bits per heavy atom. The Kier molecular flexibility index (Phi) is 6.14. The number of hydrogen-bond donors (Lipinski definition) is 1. The molecular formula is C26H23N3O5. The Morgan fingerprint density at radius 3 is 2.32 bits per heavy atom. The largest absolute Gasteiger partial charge is 0.494 e. The Morgan fingerprint density at radius 1 is 0.941 bits per heavy atom. The normalized spacial score (nSPS) is 13.4. The van der Waals surface area contributed by atoms with Gasteiger partial charge in [0.2, 0.25) is 0 Å². The fraction of sp³-hybridized carbons (Fsp3) is 0.154. The number of non-ortho nitro benzene ring substituents is 1. The Bertz CT molecular complexity index is 1330. The van der Waals surface area contributed by atoms with Crippen LogP contribution >= 0.6 is 0 Å². The molecule has 0 saturated heterocycles. The Labute approximate surface area is 196 Å². The topological polar surface area (TPSA) is 102 Å². The number of carbonyl (C=O) groups is 2. The van der Waals surface area contributed by atoms with Crippen molar-refractivity contribution < 1.29 is 19.2 Å². The van der Waals surface area contributed by atoms with Gasteiger partial charge in [0.05, 0.1) is 22.8 Å². The third-order valence-electron chi connectivity index (χ3n) is 5.61. The van der Waals surface area contributed by atoms with E-state index in [4.69, 9.17) is 4.74 Å². The smallest absolute Gasteiger partial charge is 0.282 e. The molecule has 8 heteroatoms. The van der Waals surface area contributed by atoms with Crippen LogP contribution in [0.25, 0.3) is 5.57 Å². The summed E-state index contributed by atoms with van der Waals surface area (Å²) in [5.41, 5.74) is 3.54. The number of nitro benzene ring substituents is 1. The highest BCUT2D eigenvalue weighted by Gasteiger charge is 2.40. The molecule has 0 fully saturated rings. The van der Waals surface area contributed by atoms with Crippen LogP contribution in [0, 0.1) is 24.0 Å². The number of benzene rings is 3. The number of nitrogens with zero attached hydrogens (tertiary/aromatic N) is 2. The number of aryl methyl sites for hydroxylation is 2. The lowest BCUT2D eigenvalue weighted by Gasteiger charge is -2.17. The summed E-state index contributed by atoms with van der Waals surface area (Å²) in [6.07, 6.45) is 0. The minimum Gasteiger partial charge on any atom is -0.494 e. The number of hydrogen-bond acceptors (Lipinski definition) is 6. The zero-order valence-electron chi connectivity index (χ0n) is 19.0. The number of anilines is 2. The third-order valence-corrected chi connectivity index (χ3v) is 5.61. The molecular weight excluding hydrogens is 434 g/mol. The zero-order valence-corrected chi connectivity index (χ0v) is 19.0. The van der Waals surface area contributed by atoms with E-state index in [1.54, 1.807) is 36.4 Å². The second kappa shape index (κ2) is 9.19.